The Kier molecular flexibility index (Phi) is 13.3. The molecule has 0 aromatic heterocycles. The van der Waals surface area contributed by atoms with E-state index in [0.717, 1.165) is 11.8 Å². The van der Waals surface area contributed by atoms with Gasteiger partial charge in [-0.15, -0.1) is 0 Å². The van der Waals surface area contributed by atoms with Crippen LogP contribution in [-0.2, 0) is 44.4 Å². The van der Waals surface area contributed by atoms with Crippen molar-refractivity contribution in [3.05, 3.63) is 53.3 Å². The molecule has 48 heavy (non-hydrogen) atoms. The van der Waals surface area contributed by atoms with Crippen LogP contribution in [0.15, 0.2) is 47.7 Å². The summed E-state index contributed by atoms with van der Waals surface area (Å²) in [6, 6.07) is 6.50. The van der Waals surface area contributed by atoms with Gasteiger partial charge in [-0.1, -0.05) is 25.1 Å². The van der Waals surface area contributed by atoms with Crippen LogP contribution in [0, 0.1) is 5.41 Å². The van der Waals surface area contributed by atoms with Gasteiger partial charge in [-0.25, -0.2) is 4.79 Å². The van der Waals surface area contributed by atoms with Crippen LogP contribution >= 0.6 is 0 Å². The summed E-state index contributed by atoms with van der Waals surface area (Å²) in [4.78, 5) is 12.8. The predicted octanol–water partition coefficient (Wildman–Crippen LogP) is -1.65. The molecule has 0 radical (unpaired) electrons. The summed E-state index contributed by atoms with van der Waals surface area (Å²) in [6.45, 7) is 2.60. The third kappa shape index (κ3) is 8.35. The van der Waals surface area contributed by atoms with Crippen LogP contribution in [0.25, 0.3) is 0 Å². The number of phenols is 1. The van der Waals surface area contributed by atoms with Gasteiger partial charge in [0.2, 0.25) is 6.29 Å². The van der Waals surface area contributed by atoms with Crippen LogP contribution in [0.4, 0.5) is 0 Å². The van der Waals surface area contributed by atoms with Crippen molar-refractivity contribution in [2.45, 2.75) is 94.4 Å². The first kappa shape index (κ1) is 38.1. The Hall–Kier alpha value is -2.71. The normalized spacial score (nSPS) is 37.9. The molecule has 0 bridgehead atoms. The third-order valence-electron chi connectivity index (χ3n) is 8.92. The molecule has 16 nitrogen and oxygen atoms in total. The van der Waals surface area contributed by atoms with E-state index in [-0.39, 0.29) is 37.6 Å². The van der Waals surface area contributed by atoms with Crippen molar-refractivity contribution in [2.24, 2.45) is 5.41 Å². The fourth-order valence-electron chi connectivity index (χ4n) is 5.90. The number of allylic oxidation sites excluding steroid dienone is 1. The lowest BCUT2D eigenvalue weighted by molar-refractivity contribution is -0.328. The molecule has 16 heteroatoms. The number of aliphatic hydroxyl groups is 7. The number of hydrogen-bond donors (Lipinski definition) is 8. The zero-order valence-electron chi connectivity index (χ0n) is 26.9. The highest BCUT2D eigenvalue weighted by molar-refractivity contribution is 5.90. The van der Waals surface area contributed by atoms with E-state index in [1.165, 1.54) is 19.2 Å². The zero-order chi connectivity index (χ0) is 35.2. The minimum Gasteiger partial charge on any atom is -0.508 e. The van der Waals surface area contributed by atoms with Crippen LogP contribution in [-0.4, -0.2) is 148 Å². The van der Waals surface area contributed by atoms with Crippen LogP contribution in [0.1, 0.15) is 25.8 Å². The van der Waals surface area contributed by atoms with Crippen molar-refractivity contribution in [1.82, 2.24) is 0 Å². The molecule has 2 unspecified atom stereocenters. The number of phenolic OH excluding ortho intramolecular Hbond substituents is 1. The Balaban J connectivity index is 1.39. The fraction of sp³-hybridized carbons (Fsp3) is 0.656. The van der Waals surface area contributed by atoms with Crippen molar-refractivity contribution < 1.29 is 78.8 Å². The number of benzene rings is 1. The molecule has 0 spiro atoms. The quantitative estimate of drug-likeness (QED) is 0.0658. The molecule has 1 aromatic rings. The van der Waals surface area contributed by atoms with Gasteiger partial charge in [-0.2, -0.15) is 0 Å². The molecule has 3 aliphatic rings. The maximum Gasteiger partial charge on any atom is 0.337 e. The molecule has 3 heterocycles. The first-order chi connectivity index (χ1) is 22.9. The van der Waals surface area contributed by atoms with Gasteiger partial charge in [0.25, 0.3) is 0 Å². The molecule has 0 amide bonds. The lowest BCUT2D eigenvalue weighted by Crippen LogP contribution is -2.60. The van der Waals surface area contributed by atoms with E-state index >= 15 is 0 Å². The maximum absolute atomic E-state index is 12.8. The van der Waals surface area contributed by atoms with Crippen molar-refractivity contribution in [1.29, 1.82) is 0 Å². The number of carbonyl (C=O) groups is 1. The second-order valence-corrected chi connectivity index (χ2v) is 12.0. The van der Waals surface area contributed by atoms with E-state index in [1.54, 1.807) is 32.1 Å². The van der Waals surface area contributed by atoms with Gasteiger partial charge in [-0.05, 0) is 37.5 Å². The largest absolute Gasteiger partial charge is 0.508 e. The van der Waals surface area contributed by atoms with Crippen LogP contribution in [0.5, 0.6) is 5.75 Å². The van der Waals surface area contributed by atoms with E-state index in [2.05, 4.69) is 0 Å². The minimum atomic E-state index is -1.69. The van der Waals surface area contributed by atoms with Crippen molar-refractivity contribution >= 4 is 5.97 Å². The van der Waals surface area contributed by atoms with Gasteiger partial charge in [-0.3, -0.25) is 0 Å². The van der Waals surface area contributed by atoms with Crippen molar-refractivity contribution in [3.63, 3.8) is 0 Å². The second kappa shape index (κ2) is 16.8. The molecule has 8 N–H and O–H groups in total. The van der Waals surface area contributed by atoms with E-state index in [9.17, 15) is 45.6 Å². The summed E-state index contributed by atoms with van der Waals surface area (Å²) >= 11 is 0. The second-order valence-electron chi connectivity index (χ2n) is 12.0. The highest BCUT2D eigenvalue weighted by atomic mass is 16.8. The molecule has 270 valence electrons. The standard InChI is InChI=1S/C32H46O16/c1-4-18-29(48-31-27(40)24(37)22(35)20(13-33)46-31)45-14-19(28(41)42-3)32(18,2)10-12-43-15-21-23(36)25(38)26(39)30(47-21)44-11-9-16-5-7-17(34)8-6-16/h4-8,14,20-27,29-31,33-40H,9-13,15H2,1-3H3/b18-4-/t20-,21+,22-,23+,24+,25-,26+,27-,29+,30?,31?,32+/m1/s1. The van der Waals surface area contributed by atoms with Gasteiger partial charge in [0.15, 0.2) is 12.6 Å². The smallest absolute Gasteiger partial charge is 0.337 e. The molecule has 3 aliphatic heterocycles. The van der Waals surface area contributed by atoms with Crippen LogP contribution < -0.4 is 0 Å². The monoisotopic (exact) mass is 686 g/mol. The number of aromatic hydroxyl groups is 1. The molecule has 12 atom stereocenters. The zero-order valence-corrected chi connectivity index (χ0v) is 26.9. The first-order valence-corrected chi connectivity index (χ1v) is 15.6. The van der Waals surface area contributed by atoms with E-state index < -0.39 is 85.7 Å². The van der Waals surface area contributed by atoms with E-state index in [1.807, 2.05) is 0 Å². The Bertz CT molecular complexity index is 1250. The fourth-order valence-corrected chi connectivity index (χ4v) is 5.90. The topological polar surface area (TPSA) is 244 Å². The van der Waals surface area contributed by atoms with Gasteiger partial charge < -0.3 is 74.0 Å². The number of carbonyl (C=O) groups excluding carboxylic acids is 1. The third-order valence-corrected chi connectivity index (χ3v) is 8.92. The van der Waals surface area contributed by atoms with Crippen LogP contribution in [0.2, 0.25) is 0 Å². The summed E-state index contributed by atoms with van der Waals surface area (Å²) < 4.78 is 39.2. The van der Waals surface area contributed by atoms with Crippen molar-refractivity contribution in [2.75, 3.05) is 33.5 Å². The van der Waals surface area contributed by atoms with Gasteiger partial charge in [0.05, 0.1) is 38.8 Å². The number of rotatable bonds is 13. The maximum atomic E-state index is 12.8. The molecule has 2 fully saturated rings. The minimum absolute atomic E-state index is 0.0213. The summed E-state index contributed by atoms with van der Waals surface area (Å²) in [5.74, 6) is -0.573. The van der Waals surface area contributed by atoms with E-state index in [4.69, 9.17) is 33.2 Å². The highest BCUT2D eigenvalue weighted by Crippen LogP contribution is 2.46. The SMILES string of the molecule is C/C=C1/[C@H](OC2O[C@H](CO)[C@@H](O)[C@H](O)[C@H]2O)OC=C(C(=O)OC)[C@@]1(C)CCOC[C@@H]1OC(OCCc2ccc(O)cc2)[C@@H](O)[C@H](O)[C@H]1O. The number of methoxy groups -OCH3 is 1. The Morgan fingerprint density at radius 2 is 1.52 bits per heavy atom. The number of hydrogen-bond acceptors (Lipinski definition) is 16. The average Bonchev–Trinajstić information content (AvgIpc) is 3.08. The van der Waals surface area contributed by atoms with Gasteiger partial charge in [0, 0.05) is 17.6 Å². The molecule has 2 saturated heterocycles. The Morgan fingerprint density at radius 1 is 0.896 bits per heavy atom. The van der Waals surface area contributed by atoms with Gasteiger partial charge >= 0.3 is 5.97 Å². The molecule has 0 saturated carbocycles. The summed E-state index contributed by atoms with van der Waals surface area (Å²) in [5.41, 5.74) is 0.243. The van der Waals surface area contributed by atoms with Gasteiger partial charge in [0.1, 0.15) is 54.6 Å². The summed E-state index contributed by atoms with van der Waals surface area (Å²) in [7, 11) is 1.21. The Morgan fingerprint density at radius 3 is 2.15 bits per heavy atom. The van der Waals surface area contributed by atoms with E-state index in [0.29, 0.717) is 12.0 Å². The predicted molar refractivity (Wildman–Crippen MR) is 162 cm³/mol. The summed E-state index contributed by atoms with van der Waals surface area (Å²) in [5, 5.41) is 81.3. The van der Waals surface area contributed by atoms with Crippen molar-refractivity contribution in [3.8, 4) is 5.75 Å². The molecule has 4 rings (SSSR count). The summed E-state index contributed by atoms with van der Waals surface area (Å²) in [6.07, 6.45) is -12.5. The lowest BCUT2D eigenvalue weighted by Gasteiger charge is -2.44. The molecular formula is C32H46O16. The molecule has 0 aliphatic carbocycles. The Labute approximate surface area is 277 Å². The lowest BCUT2D eigenvalue weighted by atomic mass is 9.71. The highest BCUT2D eigenvalue weighted by Gasteiger charge is 2.50. The number of aliphatic hydroxyl groups excluding tert-OH is 7. The first-order valence-electron chi connectivity index (χ1n) is 15.6. The number of esters is 1. The molecular weight excluding hydrogens is 640 g/mol. The molecule has 1 aromatic carbocycles. The number of ether oxygens (including phenoxy) is 7. The van der Waals surface area contributed by atoms with Crippen LogP contribution in [0.3, 0.4) is 0 Å². The average molecular weight is 687 g/mol.